The lowest BCUT2D eigenvalue weighted by molar-refractivity contribution is -1.21. The first-order valence-electron chi connectivity index (χ1n) is 3.97. The zero-order valence-corrected chi connectivity index (χ0v) is 8.75. The van der Waals surface area contributed by atoms with Gasteiger partial charge in [-0.05, 0) is 0 Å². The molecule has 0 aliphatic rings. The lowest BCUT2D eigenvalue weighted by atomic mass is 10.8. The van der Waals surface area contributed by atoms with Gasteiger partial charge in [-0.3, -0.25) is 4.57 Å². The van der Waals surface area contributed by atoms with Gasteiger partial charge < -0.3 is 25.2 Å². The highest BCUT2D eigenvalue weighted by Gasteiger charge is 2.32. The van der Waals surface area contributed by atoms with Crippen molar-refractivity contribution >= 4 is 7.60 Å². The van der Waals surface area contributed by atoms with E-state index in [4.69, 9.17) is 20.0 Å². The summed E-state index contributed by atoms with van der Waals surface area (Å²) in [5.74, 6) is 0. The average Bonchev–Trinajstić information content (AvgIpc) is 2.09. The van der Waals surface area contributed by atoms with E-state index in [1.165, 1.54) is 0 Å². The van der Waals surface area contributed by atoms with Crippen LogP contribution in [0.4, 0.5) is 0 Å². The van der Waals surface area contributed by atoms with Crippen molar-refractivity contribution in [2.45, 2.75) is 0 Å². The van der Waals surface area contributed by atoms with Crippen LogP contribution in [-0.2, 0) is 14.2 Å². The van der Waals surface area contributed by atoms with Crippen molar-refractivity contribution < 1.29 is 39.2 Å². The molecule has 92 valence electrons. The maximum atomic E-state index is 11.4. The van der Waals surface area contributed by atoms with Crippen molar-refractivity contribution in [3.8, 4) is 0 Å². The van der Waals surface area contributed by atoms with E-state index < -0.39 is 45.3 Å². The van der Waals surface area contributed by atoms with Crippen LogP contribution in [0.3, 0.4) is 0 Å². The minimum absolute atomic E-state index is 0.436. The normalized spacial score (nSPS) is 13.1. The van der Waals surface area contributed by atoms with Crippen LogP contribution in [0.25, 0.3) is 0 Å². The van der Waals surface area contributed by atoms with E-state index in [9.17, 15) is 9.77 Å². The minimum atomic E-state index is -4.62. The van der Waals surface area contributed by atoms with Gasteiger partial charge in [-0.1, -0.05) is 4.97 Å². The number of aliphatic hydroxyl groups excluding tert-OH is 2. The molecular weight excluding hydrogens is 233 g/mol. The minimum Gasteiger partial charge on any atom is -0.564 e. The highest BCUT2D eigenvalue weighted by molar-refractivity contribution is 7.51. The molecule has 0 amide bonds. The summed E-state index contributed by atoms with van der Waals surface area (Å²) in [6.45, 7) is -1.86. The monoisotopic (exact) mass is 247 g/mol. The van der Waals surface area contributed by atoms with Gasteiger partial charge in [0.15, 0.2) is 0 Å². The van der Waals surface area contributed by atoms with Crippen LogP contribution < -0.4 is 0 Å². The van der Waals surface area contributed by atoms with Crippen LogP contribution in [0.5, 0.6) is 0 Å². The number of rotatable bonds is 8. The van der Waals surface area contributed by atoms with Crippen molar-refractivity contribution in [1.29, 1.82) is 0 Å². The van der Waals surface area contributed by atoms with Gasteiger partial charge in [0.2, 0.25) is 6.29 Å². The van der Waals surface area contributed by atoms with Crippen LogP contribution >= 0.6 is 7.60 Å². The maximum absolute atomic E-state index is 11.4. The lowest BCUT2D eigenvalue weighted by Crippen LogP contribution is -2.44. The predicted octanol–water partition coefficient (Wildman–Crippen LogP) is -1.72. The van der Waals surface area contributed by atoms with Crippen molar-refractivity contribution in [3.05, 3.63) is 5.21 Å². The molecule has 0 aromatic rings. The molecular formula is C5H14NO8P. The molecule has 0 aromatic heterocycles. The first kappa shape index (κ1) is 14.9. The van der Waals surface area contributed by atoms with E-state index in [0.29, 0.717) is 0 Å². The van der Waals surface area contributed by atoms with E-state index >= 15 is 0 Å². The molecule has 0 fully saturated rings. The lowest BCUT2D eigenvalue weighted by Gasteiger charge is -2.34. The largest absolute Gasteiger partial charge is 0.564 e. The second-order valence-corrected chi connectivity index (χ2v) is 4.14. The molecule has 0 heterocycles. The molecule has 0 bridgehead atoms. The Morgan fingerprint density at radius 1 is 1.13 bits per heavy atom. The van der Waals surface area contributed by atoms with Crippen molar-refractivity contribution in [1.82, 2.24) is 0 Å². The van der Waals surface area contributed by atoms with Gasteiger partial charge in [-0.25, -0.2) is 0 Å². The second-order valence-electron chi connectivity index (χ2n) is 2.53. The molecule has 0 atom stereocenters. The maximum Gasteiger partial charge on any atom is 0.386 e. The predicted molar refractivity (Wildman–Crippen MR) is 46.6 cm³/mol. The molecule has 4 N–H and O–H groups in total. The topological polar surface area (TPSA) is 140 Å². The molecule has 0 rings (SSSR count). The number of hydroxylamine groups is 3. The molecule has 9 nitrogen and oxygen atoms in total. The molecule has 0 saturated carbocycles. The van der Waals surface area contributed by atoms with Gasteiger partial charge in [0.1, 0.15) is 13.2 Å². The Labute approximate surface area is 85.7 Å². The molecule has 0 saturated heterocycles. The summed E-state index contributed by atoms with van der Waals surface area (Å²) in [6, 6.07) is 0. The number of nitrogens with zero attached hydrogens (tertiary/aromatic N) is 1. The van der Waals surface area contributed by atoms with Crippen LogP contribution in [0, 0.1) is 5.21 Å². The number of hydrogen-bond donors (Lipinski definition) is 4. The molecule has 0 aliphatic carbocycles. The number of quaternary nitrogens is 1. The first-order valence-corrected chi connectivity index (χ1v) is 5.77. The van der Waals surface area contributed by atoms with Gasteiger partial charge in [0.05, 0.1) is 13.2 Å². The van der Waals surface area contributed by atoms with Gasteiger partial charge in [-0.15, -0.1) is 0 Å². The molecule has 0 spiro atoms. The average molecular weight is 247 g/mol. The molecule has 15 heavy (non-hydrogen) atoms. The molecule has 0 aromatic carbocycles. The summed E-state index contributed by atoms with van der Waals surface area (Å²) in [6.07, 6.45) is -1.24. The van der Waals surface area contributed by atoms with Gasteiger partial charge >= 0.3 is 7.60 Å². The smallest absolute Gasteiger partial charge is 0.386 e. The molecule has 0 radical (unpaired) electrons. The summed E-state index contributed by atoms with van der Waals surface area (Å²) < 4.78 is 10.6. The van der Waals surface area contributed by atoms with E-state index in [0.717, 1.165) is 0 Å². The standard InChI is InChI=1S/C5H14NO8P/c7-1-3-13-6(9,14-4-2-8)5-15(10,11)12/h7-8H,1-5H2,(H2,10,11,12). The molecule has 0 aliphatic heterocycles. The third-order valence-corrected chi connectivity index (χ3v) is 1.83. The SMILES string of the molecule is O=P(O)(O)C[N+]([O-])(OCCO)OCCO. The van der Waals surface area contributed by atoms with Crippen LogP contribution in [0.2, 0.25) is 0 Å². The van der Waals surface area contributed by atoms with E-state index in [1.54, 1.807) is 0 Å². The highest BCUT2D eigenvalue weighted by Crippen LogP contribution is 2.38. The Morgan fingerprint density at radius 2 is 1.53 bits per heavy atom. The Balaban J connectivity index is 4.32. The Morgan fingerprint density at radius 3 is 1.80 bits per heavy atom. The van der Waals surface area contributed by atoms with Gasteiger partial charge in [-0.2, -0.15) is 9.68 Å². The van der Waals surface area contributed by atoms with E-state index in [-0.39, 0.29) is 0 Å². The zero-order valence-electron chi connectivity index (χ0n) is 7.85. The van der Waals surface area contributed by atoms with Crippen molar-refractivity contribution in [3.63, 3.8) is 0 Å². The fourth-order valence-electron chi connectivity index (χ4n) is 0.704. The zero-order chi connectivity index (χ0) is 11.9. The number of hydrogen-bond acceptors (Lipinski definition) is 6. The van der Waals surface area contributed by atoms with Gasteiger partial charge in [0.25, 0.3) is 0 Å². The summed E-state index contributed by atoms with van der Waals surface area (Å²) >= 11 is 0. The Kier molecular flexibility index (Phi) is 6.44. The summed E-state index contributed by atoms with van der Waals surface area (Å²) in [5.41, 5.74) is 0. The van der Waals surface area contributed by atoms with Crippen LogP contribution in [-0.4, -0.2) is 57.7 Å². The van der Waals surface area contributed by atoms with Crippen LogP contribution in [0.15, 0.2) is 0 Å². The van der Waals surface area contributed by atoms with E-state index in [2.05, 4.69) is 9.68 Å². The Bertz CT molecular complexity index is 209. The summed E-state index contributed by atoms with van der Waals surface area (Å²) in [7, 11) is -4.62. The first-order chi connectivity index (χ1) is 6.83. The van der Waals surface area contributed by atoms with Crippen LogP contribution in [0.1, 0.15) is 0 Å². The Hall–Kier alpha value is -0.0900. The fourth-order valence-corrected chi connectivity index (χ4v) is 1.32. The van der Waals surface area contributed by atoms with E-state index in [1.807, 2.05) is 0 Å². The summed E-state index contributed by atoms with van der Waals surface area (Å²) in [5, 5.41) is 28.2. The molecule has 10 heteroatoms. The highest BCUT2D eigenvalue weighted by atomic mass is 31.2. The molecule has 0 unspecified atom stereocenters. The fraction of sp³-hybridized carbons (Fsp3) is 1.00. The number of aliphatic hydroxyl groups is 2. The second kappa shape index (κ2) is 6.48. The van der Waals surface area contributed by atoms with Gasteiger partial charge in [0, 0.05) is 0 Å². The quantitative estimate of drug-likeness (QED) is 0.226. The summed E-state index contributed by atoms with van der Waals surface area (Å²) in [4.78, 5) is 23.8. The third kappa shape index (κ3) is 7.79. The third-order valence-electron chi connectivity index (χ3n) is 1.12. The van der Waals surface area contributed by atoms with Crippen molar-refractivity contribution in [2.75, 3.05) is 32.7 Å². The van der Waals surface area contributed by atoms with Crippen molar-refractivity contribution in [2.24, 2.45) is 0 Å².